The van der Waals surface area contributed by atoms with Crippen molar-refractivity contribution in [1.29, 1.82) is 0 Å². The Balaban J connectivity index is 2.27. The van der Waals surface area contributed by atoms with Crippen molar-refractivity contribution in [2.75, 3.05) is 0 Å². The lowest BCUT2D eigenvalue weighted by atomic mass is 10.3. The van der Waals surface area contributed by atoms with E-state index in [1.165, 1.54) is 0 Å². The molecule has 0 amide bonds. The van der Waals surface area contributed by atoms with Crippen LogP contribution in [0.3, 0.4) is 0 Å². The highest BCUT2D eigenvalue weighted by Crippen LogP contribution is 2.27. The van der Waals surface area contributed by atoms with Crippen molar-refractivity contribution in [3.63, 3.8) is 0 Å². The lowest BCUT2D eigenvalue weighted by Crippen LogP contribution is -2.25. The molecule has 0 aliphatic carbocycles. The lowest BCUT2D eigenvalue weighted by molar-refractivity contribution is 0.582. The Bertz CT molecular complexity index is 831. The molecule has 3 aromatic heterocycles. The number of fused-ring (bicyclic) bond motifs is 3. The number of unbranched alkanes of at least 4 members (excludes halogenated alkanes) is 1. The summed E-state index contributed by atoms with van der Waals surface area (Å²) >= 11 is 1.64. The molecule has 0 bridgehead atoms. The van der Waals surface area contributed by atoms with Crippen LogP contribution in [0.5, 0.6) is 0 Å². The Morgan fingerprint density at radius 2 is 2.05 bits per heavy atom. The fraction of sp³-hybridized carbons (Fsp3) is 0.467. The molecule has 0 N–H and O–H groups in total. The van der Waals surface area contributed by atoms with Gasteiger partial charge >= 0.3 is 0 Å². The monoisotopic (exact) mass is 301 g/mol. The van der Waals surface area contributed by atoms with Gasteiger partial charge < -0.3 is 4.57 Å². The van der Waals surface area contributed by atoms with Crippen LogP contribution in [0, 0.1) is 0 Å². The quantitative estimate of drug-likeness (QED) is 0.744. The van der Waals surface area contributed by atoms with Gasteiger partial charge in [0.2, 0.25) is 5.62 Å². The van der Waals surface area contributed by atoms with Gasteiger partial charge in [-0.05, 0) is 20.3 Å². The third kappa shape index (κ3) is 2.81. The van der Waals surface area contributed by atoms with Gasteiger partial charge in [0.05, 0.1) is 4.70 Å². The molecule has 6 heteroatoms. The van der Waals surface area contributed by atoms with E-state index in [1.807, 2.05) is 0 Å². The average Bonchev–Trinajstić information content (AvgIpc) is 2.82. The summed E-state index contributed by atoms with van der Waals surface area (Å²) in [7, 11) is 0. The van der Waals surface area contributed by atoms with Crippen LogP contribution < -0.4 is 5.62 Å². The van der Waals surface area contributed by atoms with Crippen molar-refractivity contribution in [1.82, 2.24) is 19.5 Å². The van der Waals surface area contributed by atoms with E-state index in [9.17, 15) is 0 Å². The van der Waals surface area contributed by atoms with Gasteiger partial charge in [-0.1, -0.05) is 13.3 Å². The van der Waals surface area contributed by atoms with Gasteiger partial charge in [0.15, 0.2) is 0 Å². The van der Waals surface area contributed by atoms with Gasteiger partial charge in [-0.15, -0.1) is 11.3 Å². The first-order valence-electron chi connectivity index (χ1n) is 7.33. The standard InChI is InChI=1S/C15H19N5S/c1-4-5-8-20-9-11-12(19-15(20)18-10(2)3)13-14(21-11)17-7-6-16-13/h6-7,9-10H,4-5,8H2,1-3H3. The van der Waals surface area contributed by atoms with E-state index in [1.54, 1.807) is 23.7 Å². The minimum absolute atomic E-state index is 0.221. The smallest absolute Gasteiger partial charge is 0.225 e. The summed E-state index contributed by atoms with van der Waals surface area (Å²) in [4.78, 5) is 19.1. The van der Waals surface area contributed by atoms with Crippen molar-refractivity contribution in [3.05, 3.63) is 24.2 Å². The Morgan fingerprint density at radius 1 is 1.24 bits per heavy atom. The Hall–Kier alpha value is -1.82. The van der Waals surface area contributed by atoms with Crippen LogP contribution in [0.2, 0.25) is 0 Å². The van der Waals surface area contributed by atoms with E-state index in [4.69, 9.17) is 4.98 Å². The second-order valence-electron chi connectivity index (χ2n) is 5.34. The fourth-order valence-corrected chi connectivity index (χ4v) is 3.20. The molecule has 3 rings (SSSR count). The van der Waals surface area contributed by atoms with Crippen LogP contribution in [0.1, 0.15) is 33.6 Å². The highest BCUT2D eigenvalue weighted by Gasteiger charge is 2.10. The molecule has 0 aliphatic rings. The minimum Gasteiger partial charge on any atom is -0.316 e. The second kappa shape index (κ2) is 5.89. The van der Waals surface area contributed by atoms with Crippen LogP contribution >= 0.6 is 11.3 Å². The maximum atomic E-state index is 4.76. The van der Waals surface area contributed by atoms with Crippen molar-refractivity contribution in [2.24, 2.45) is 4.99 Å². The summed E-state index contributed by atoms with van der Waals surface area (Å²) in [5, 5.41) is 0. The van der Waals surface area contributed by atoms with Crippen molar-refractivity contribution >= 4 is 31.9 Å². The minimum atomic E-state index is 0.221. The Kier molecular flexibility index (Phi) is 3.96. The van der Waals surface area contributed by atoms with Gasteiger partial charge in [0, 0.05) is 31.2 Å². The Labute approximate surface area is 127 Å². The van der Waals surface area contributed by atoms with Crippen molar-refractivity contribution in [2.45, 2.75) is 46.2 Å². The zero-order valence-electron chi connectivity index (χ0n) is 12.6. The van der Waals surface area contributed by atoms with Crippen LogP contribution in [-0.4, -0.2) is 25.6 Å². The molecule has 21 heavy (non-hydrogen) atoms. The lowest BCUT2D eigenvalue weighted by Gasteiger charge is -2.07. The number of hydrogen-bond donors (Lipinski definition) is 0. The molecule has 0 saturated carbocycles. The summed E-state index contributed by atoms with van der Waals surface area (Å²) in [6, 6.07) is 0.221. The highest BCUT2D eigenvalue weighted by atomic mass is 32.1. The first-order chi connectivity index (χ1) is 10.2. The van der Waals surface area contributed by atoms with E-state index in [0.29, 0.717) is 0 Å². The number of hydrogen-bond acceptors (Lipinski definition) is 5. The predicted octanol–water partition coefficient (Wildman–Crippen LogP) is 3.15. The number of aromatic nitrogens is 4. The van der Waals surface area contributed by atoms with Gasteiger partial charge in [0.25, 0.3) is 0 Å². The molecule has 5 nitrogen and oxygen atoms in total. The van der Waals surface area contributed by atoms with Gasteiger partial charge in [-0.3, -0.25) is 0 Å². The van der Waals surface area contributed by atoms with E-state index in [2.05, 4.69) is 46.5 Å². The molecule has 110 valence electrons. The number of rotatable bonds is 4. The zero-order chi connectivity index (χ0) is 14.8. The largest absolute Gasteiger partial charge is 0.316 e. The number of aryl methyl sites for hydroxylation is 1. The second-order valence-corrected chi connectivity index (χ2v) is 6.37. The highest BCUT2D eigenvalue weighted by molar-refractivity contribution is 7.25. The molecule has 0 aromatic carbocycles. The van der Waals surface area contributed by atoms with Crippen LogP contribution in [0.15, 0.2) is 23.6 Å². The summed E-state index contributed by atoms with van der Waals surface area (Å²) in [5.74, 6) is 0. The molecule has 0 fully saturated rings. The summed E-state index contributed by atoms with van der Waals surface area (Å²) in [5.41, 5.74) is 2.58. The fourth-order valence-electron chi connectivity index (χ4n) is 2.22. The molecule has 0 aliphatic heterocycles. The molecule has 0 spiro atoms. The molecule has 0 atom stereocenters. The van der Waals surface area contributed by atoms with Crippen molar-refractivity contribution < 1.29 is 0 Å². The third-order valence-electron chi connectivity index (χ3n) is 3.20. The molecule has 0 unspecified atom stereocenters. The average molecular weight is 301 g/mol. The molecule has 0 radical (unpaired) electrons. The van der Waals surface area contributed by atoms with E-state index < -0.39 is 0 Å². The molecular formula is C15H19N5S. The topological polar surface area (TPSA) is 56.0 Å². The molecular weight excluding hydrogens is 282 g/mol. The summed E-state index contributed by atoms with van der Waals surface area (Å²) in [6.07, 6.45) is 7.87. The van der Waals surface area contributed by atoms with Crippen LogP contribution in [0.4, 0.5) is 0 Å². The maximum Gasteiger partial charge on any atom is 0.225 e. The first-order valence-corrected chi connectivity index (χ1v) is 8.15. The van der Waals surface area contributed by atoms with E-state index in [0.717, 1.165) is 45.6 Å². The maximum absolute atomic E-state index is 4.76. The van der Waals surface area contributed by atoms with Gasteiger partial charge in [-0.2, -0.15) is 0 Å². The van der Waals surface area contributed by atoms with Gasteiger partial charge in [-0.25, -0.2) is 19.9 Å². The number of nitrogens with zero attached hydrogens (tertiary/aromatic N) is 5. The zero-order valence-corrected chi connectivity index (χ0v) is 13.4. The normalized spacial score (nSPS) is 12.9. The third-order valence-corrected chi connectivity index (χ3v) is 4.21. The molecule has 3 aromatic rings. The van der Waals surface area contributed by atoms with E-state index in [-0.39, 0.29) is 6.04 Å². The van der Waals surface area contributed by atoms with Crippen LogP contribution in [0.25, 0.3) is 20.6 Å². The predicted molar refractivity (Wildman–Crippen MR) is 86.3 cm³/mol. The summed E-state index contributed by atoms with van der Waals surface area (Å²) < 4.78 is 3.27. The summed E-state index contributed by atoms with van der Waals surface area (Å²) in [6.45, 7) is 7.28. The molecule has 3 heterocycles. The molecule has 0 saturated heterocycles. The number of thiophene rings is 1. The van der Waals surface area contributed by atoms with Crippen molar-refractivity contribution in [3.8, 4) is 0 Å². The first kappa shape index (κ1) is 14.1. The van der Waals surface area contributed by atoms with Gasteiger partial charge in [0.1, 0.15) is 15.9 Å². The van der Waals surface area contributed by atoms with E-state index >= 15 is 0 Å². The Morgan fingerprint density at radius 3 is 2.81 bits per heavy atom. The van der Waals surface area contributed by atoms with Crippen LogP contribution in [-0.2, 0) is 6.54 Å². The SMILES string of the molecule is CCCCn1cc2sc3nccnc3c2nc1=NC(C)C.